The maximum absolute atomic E-state index is 12.0. The van der Waals surface area contributed by atoms with Gasteiger partial charge in [0.15, 0.2) is 0 Å². The second kappa shape index (κ2) is 6.65. The molecule has 0 aromatic carbocycles. The van der Waals surface area contributed by atoms with Gasteiger partial charge in [-0.2, -0.15) is 5.10 Å². The molecule has 2 aromatic heterocycles. The molecule has 1 atom stereocenters. The van der Waals surface area contributed by atoms with E-state index in [1.807, 2.05) is 13.1 Å². The lowest BCUT2D eigenvalue weighted by Gasteiger charge is -2.14. The highest BCUT2D eigenvalue weighted by molar-refractivity contribution is 7.11. The fraction of sp³-hybridized carbons (Fsp3) is 0.500. The van der Waals surface area contributed by atoms with E-state index in [9.17, 15) is 4.79 Å². The van der Waals surface area contributed by atoms with Crippen molar-refractivity contribution in [2.45, 2.75) is 46.1 Å². The third-order valence-corrected chi connectivity index (χ3v) is 4.47. The average Bonchev–Trinajstić information content (AvgIpc) is 3.04. The van der Waals surface area contributed by atoms with Gasteiger partial charge in [-0.25, -0.2) is 4.98 Å². The van der Waals surface area contributed by atoms with Crippen molar-refractivity contribution in [2.75, 3.05) is 0 Å². The number of rotatable bonds is 6. The Morgan fingerprint density at radius 1 is 1.50 bits per heavy atom. The van der Waals surface area contributed by atoms with Crippen LogP contribution in [0.15, 0.2) is 12.4 Å². The van der Waals surface area contributed by atoms with Crippen LogP contribution in [0.3, 0.4) is 0 Å². The van der Waals surface area contributed by atoms with E-state index in [1.54, 1.807) is 17.5 Å². The first-order valence-corrected chi connectivity index (χ1v) is 7.62. The zero-order chi connectivity index (χ0) is 14.5. The van der Waals surface area contributed by atoms with Gasteiger partial charge in [0, 0.05) is 17.5 Å². The molecule has 2 N–H and O–H groups in total. The summed E-state index contributed by atoms with van der Waals surface area (Å²) < 4.78 is 0. The predicted octanol–water partition coefficient (Wildman–Crippen LogP) is 2.68. The number of hydrogen-bond acceptors (Lipinski definition) is 4. The topological polar surface area (TPSA) is 70.7 Å². The lowest BCUT2D eigenvalue weighted by molar-refractivity contribution is -0.121. The normalized spacial score (nSPS) is 12.3. The molecule has 2 rings (SSSR count). The first-order valence-electron chi connectivity index (χ1n) is 6.81. The zero-order valence-corrected chi connectivity index (χ0v) is 12.9. The van der Waals surface area contributed by atoms with Gasteiger partial charge in [-0.3, -0.25) is 9.89 Å². The second-order valence-electron chi connectivity index (χ2n) is 4.83. The molecule has 2 aromatic rings. The van der Waals surface area contributed by atoms with Crippen molar-refractivity contribution in [2.24, 2.45) is 0 Å². The van der Waals surface area contributed by atoms with Crippen LogP contribution in [0.4, 0.5) is 0 Å². The van der Waals surface area contributed by atoms with Gasteiger partial charge in [-0.15, -0.1) is 11.3 Å². The summed E-state index contributed by atoms with van der Waals surface area (Å²) in [6.07, 6.45) is 5.59. The number of carbonyl (C=O) groups is 1. The van der Waals surface area contributed by atoms with E-state index in [4.69, 9.17) is 0 Å². The fourth-order valence-corrected chi connectivity index (χ4v) is 2.98. The summed E-state index contributed by atoms with van der Waals surface area (Å²) in [6.45, 7) is 6.12. The van der Waals surface area contributed by atoms with E-state index >= 15 is 0 Å². The molecule has 0 spiro atoms. The molecule has 0 aliphatic heterocycles. The van der Waals surface area contributed by atoms with Gasteiger partial charge >= 0.3 is 0 Å². The number of nitrogens with zero attached hydrogens (tertiary/aromatic N) is 2. The Balaban J connectivity index is 1.90. The molecule has 108 valence electrons. The summed E-state index contributed by atoms with van der Waals surface area (Å²) in [5.41, 5.74) is 2.10. The van der Waals surface area contributed by atoms with Crippen LogP contribution in [-0.2, 0) is 11.2 Å². The van der Waals surface area contributed by atoms with Crippen LogP contribution in [0.25, 0.3) is 0 Å². The Hall–Kier alpha value is -1.69. The van der Waals surface area contributed by atoms with Crippen molar-refractivity contribution >= 4 is 17.2 Å². The van der Waals surface area contributed by atoms with Crippen LogP contribution in [0.2, 0.25) is 0 Å². The van der Waals surface area contributed by atoms with Crippen LogP contribution < -0.4 is 5.32 Å². The molecule has 2 heterocycles. The largest absolute Gasteiger partial charge is 0.347 e. The van der Waals surface area contributed by atoms with Crippen LogP contribution >= 0.6 is 11.3 Å². The number of aromatic amines is 1. The van der Waals surface area contributed by atoms with Gasteiger partial charge in [0.05, 0.1) is 17.9 Å². The van der Waals surface area contributed by atoms with E-state index < -0.39 is 0 Å². The van der Waals surface area contributed by atoms with Gasteiger partial charge in [0.2, 0.25) is 5.91 Å². The minimum atomic E-state index is 0.0178. The van der Waals surface area contributed by atoms with E-state index in [2.05, 4.69) is 34.3 Å². The quantitative estimate of drug-likeness (QED) is 0.860. The Kier molecular flexibility index (Phi) is 4.89. The summed E-state index contributed by atoms with van der Waals surface area (Å²) in [5, 5.41) is 10.7. The van der Waals surface area contributed by atoms with Crippen molar-refractivity contribution in [3.63, 3.8) is 0 Å². The van der Waals surface area contributed by atoms with Crippen molar-refractivity contribution in [3.05, 3.63) is 33.5 Å². The highest BCUT2D eigenvalue weighted by Crippen LogP contribution is 2.24. The third kappa shape index (κ3) is 3.66. The Morgan fingerprint density at radius 2 is 2.30 bits per heavy atom. The number of aromatic nitrogens is 3. The number of H-pyrrole nitrogens is 1. The van der Waals surface area contributed by atoms with Crippen molar-refractivity contribution < 1.29 is 4.79 Å². The Labute approximate surface area is 122 Å². The van der Waals surface area contributed by atoms with Crippen molar-refractivity contribution in [1.82, 2.24) is 20.5 Å². The lowest BCUT2D eigenvalue weighted by Crippen LogP contribution is -2.28. The molecule has 20 heavy (non-hydrogen) atoms. The SMILES string of the molecule is CC[C@@H](NC(=O)CCc1cn[nH]c1)c1nc(C)c(C)s1. The first-order chi connectivity index (χ1) is 9.60. The van der Waals surface area contributed by atoms with E-state index in [0.717, 1.165) is 22.7 Å². The number of thiazole rings is 1. The molecule has 6 heteroatoms. The molecular formula is C14H20N4OS. The zero-order valence-electron chi connectivity index (χ0n) is 12.1. The molecule has 0 unspecified atom stereocenters. The third-order valence-electron chi connectivity index (χ3n) is 3.28. The van der Waals surface area contributed by atoms with E-state index in [-0.39, 0.29) is 11.9 Å². The first kappa shape index (κ1) is 14.7. The lowest BCUT2D eigenvalue weighted by atomic mass is 10.1. The van der Waals surface area contributed by atoms with Gasteiger partial charge < -0.3 is 5.32 Å². The van der Waals surface area contributed by atoms with E-state index in [1.165, 1.54) is 4.88 Å². The van der Waals surface area contributed by atoms with Crippen molar-refractivity contribution in [3.8, 4) is 0 Å². The highest BCUT2D eigenvalue weighted by Gasteiger charge is 2.17. The molecule has 0 fully saturated rings. The molecular weight excluding hydrogens is 272 g/mol. The highest BCUT2D eigenvalue weighted by atomic mass is 32.1. The van der Waals surface area contributed by atoms with Gasteiger partial charge in [0.25, 0.3) is 0 Å². The standard InChI is InChI=1S/C14H20N4OS/c1-4-12(14-17-9(2)10(3)20-14)18-13(19)6-5-11-7-15-16-8-11/h7-8,12H,4-6H2,1-3H3,(H,15,16)(H,18,19)/t12-/m1/s1. The average molecular weight is 292 g/mol. The minimum absolute atomic E-state index is 0.0178. The molecule has 0 saturated heterocycles. The second-order valence-corrected chi connectivity index (χ2v) is 6.06. The Morgan fingerprint density at radius 3 is 2.85 bits per heavy atom. The van der Waals surface area contributed by atoms with Gasteiger partial charge in [0.1, 0.15) is 5.01 Å². The van der Waals surface area contributed by atoms with Crippen LogP contribution in [0, 0.1) is 13.8 Å². The molecule has 5 nitrogen and oxygen atoms in total. The number of nitrogens with one attached hydrogen (secondary N) is 2. The summed E-state index contributed by atoms with van der Waals surface area (Å²) in [7, 11) is 0. The number of carbonyl (C=O) groups excluding carboxylic acids is 1. The smallest absolute Gasteiger partial charge is 0.220 e. The molecule has 0 aliphatic carbocycles. The summed E-state index contributed by atoms with van der Waals surface area (Å²) >= 11 is 1.66. The number of amides is 1. The molecule has 0 bridgehead atoms. The van der Waals surface area contributed by atoms with Crippen LogP contribution in [0.5, 0.6) is 0 Å². The number of aryl methyl sites for hydroxylation is 3. The molecule has 0 saturated carbocycles. The fourth-order valence-electron chi connectivity index (χ4n) is 1.92. The maximum Gasteiger partial charge on any atom is 0.220 e. The van der Waals surface area contributed by atoms with Crippen LogP contribution in [-0.4, -0.2) is 21.1 Å². The van der Waals surface area contributed by atoms with Gasteiger partial charge in [-0.05, 0) is 32.3 Å². The molecule has 0 radical (unpaired) electrons. The summed E-state index contributed by atoms with van der Waals surface area (Å²) in [5.74, 6) is 0.0588. The minimum Gasteiger partial charge on any atom is -0.347 e. The predicted molar refractivity (Wildman–Crippen MR) is 79.7 cm³/mol. The van der Waals surface area contributed by atoms with E-state index in [0.29, 0.717) is 12.8 Å². The summed E-state index contributed by atoms with van der Waals surface area (Å²) in [6, 6.07) is 0.0178. The number of hydrogen-bond donors (Lipinski definition) is 2. The monoisotopic (exact) mass is 292 g/mol. The van der Waals surface area contributed by atoms with Gasteiger partial charge in [-0.1, -0.05) is 6.92 Å². The summed E-state index contributed by atoms with van der Waals surface area (Å²) in [4.78, 5) is 17.8. The van der Waals surface area contributed by atoms with Crippen LogP contribution in [0.1, 0.15) is 46.9 Å². The maximum atomic E-state index is 12.0. The van der Waals surface area contributed by atoms with Crippen molar-refractivity contribution in [1.29, 1.82) is 0 Å². The Bertz CT molecular complexity index is 542. The molecule has 0 aliphatic rings. The molecule has 1 amide bonds.